The maximum absolute atomic E-state index is 12.4. The van der Waals surface area contributed by atoms with Gasteiger partial charge in [-0.25, -0.2) is 4.79 Å². The molecule has 125 valence electrons. The van der Waals surface area contributed by atoms with Gasteiger partial charge in [0.05, 0.1) is 11.5 Å². The number of aromatic nitrogens is 4. The third-order valence-electron chi connectivity index (χ3n) is 3.82. The van der Waals surface area contributed by atoms with E-state index < -0.39 is 16.2 Å². The first-order valence-corrected chi connectivity index (χ1v) is 7.24. The fraction of sp³-hybridized carbons (Fsp3) is 0.214. The number of halogens is 1. The van der Waals surface area contributed by atoms with Gasteiger partial charge >= 0.3 is 5.69 Å². The molecule has 3 aromatic rings. The van der Waals surface area contributed by atoms with Crippen LogP contribution in [0.2, 0.25) is 5.28 Å². The van der Waals surface area contributed by atoms with Gasteiger partial charge < -0.3 is 4.57 Å². The minimum absolute atomic E-state index is 0. The molecule has 25 heavy (non-hydrogen) atoms. The van der Waals surface area contributed by atoms with Crippen LogP contribution in [0, 0.1) is 10.1 Å². The van der Waals surface area contributed by atoms with Crippen molar-refractivity contribution in [2.24, 2.45) is 14.1 Å². The summed E-state index contributed by atoms with van der Waals surface area (Å²) in [5.41, 5.74) is -0.559. The van der Waals surface area contributed by atoms with Crippen LogP contribution >= 0.6 is 11.6 Å². The summed E-state index contributed by atoms with van der Waals surface area (Å²) < 4.78 is 3.51. The number of nitro groups is 1. The van der Waals surface area contributed by atoms with Crippen molar-refractivity contribution in [3.05, 3.63) is 66.1 Å². The molecule has 0 spiro atoms. The van der Waals surface area contributed by atoms with E-state index in [2.05, 4.69) is 4.98 Å². The number of hydrogen-bond acceptors (Lipinski definition) is 5. The zero-order valence-electron chi connectivity index (χ0n) is 13.8. The molecule has 0 atom stereocenters. The quantitative estimate of drug-likeness (QED) is 0.284. The van der Waals surface area contributed by atoms with Crippen molar-refractivity contribution in [2.45, 2.75) is 6.54 Å². The molecule has 1 radical (unpaired) electrons. The van der Waals surface area contributed by atoms with Crippen molar-refractivity contribution >= 4 is 79.8 Å². The third-order valence-corrected chi connectivity index (χ3v) is 4.11. The number of benzene rings is 1. The van der Waals surface area contributed by atoms with E-state index in [1.54, 1.807) is 18.2 Å². The number of fused-ring (bicyclic) bond motifs is 1. The summed E-state index contributed by atoms with van der Waals surface area (Å²) in [4.78, 5) is 39.1. The van der Waals surface area contributed by atoms with E-state index >= 15 is 0 Å². The number of rotatable bonds is 3. The molecule has 0 aliphatic heterocycles. The van der Waals surface area contributed by atoms with E-state index in [-0.39, 0.29) is 80.1 Å². The Morgan fingerprint density at radius 2 is 1.84 bits per heavy atom. The van der Waals surface area contributed by atoms with Crippen molar-refractivity contribution in [3.8, 4) is 0 Å². The molecule has 0 saturated heterocycles. The first-order valence-electron chi connectivity index (χ1n) is 6.87. The number of para-hydroxylation sites is 1. The first-order chi connectivity index (χ1) is 11.3. The minimum atomic E-state index is -0.564. The van der Waals surface area contributed by atoms with Gasteiger partial charge in [-0.15, -0.1) is 0 Å². The fourth-order valence-corrected chi connectivity index (χ4v) is 2.78. The van der Waals surface area contributed by atoms with E-state index in [9.17, 15) is 19.7 Å². The van der Waals surface area contributed by atoms with Gasteiger partial charge in [0.15, 0.2) is 11.2 Å². The Morgan fingerprint density at radius 3 is 2.48 bits per heavy atom. The van der Waals surface area contributed by atoms with E-state index in [0.717, 1.165) is 4.57 Å². The predicted molar refractivity (Wildman–Crippen MR) is 93.2 cm³/mol. The molecular weight excluding hydrogens is 377 g/mol. The smallest absolute Gasteiger partial charge is 0.304 e. The summed E-state index contributed by atoms with van der Waals surface area (Å²) in [6.45, 7) is -0.0140. The van der Waals surface area contributed by atoms with Crippen LogP contribution in [0.4, 0.5) is 5.69 Å². The molecule has 2 heterocycles. The van der Waals surface area contributed by atoms with E-state index in [1.807, 2.05) is 0 Å². The predicted octanol–water partition coefficient (Wildman–Crippen LogP) is 0.663. The van der Waals surface area contributed by atoms with Crippen LogP contribution in [0.15, 0.2) is 33.9 Å². The standard InChI is InChI=1S/C14H12ClN5O4.K/c1-17-11-10(12(21)18(2)14(17)22)19(13(15)16-11)7-8-5-3-4-6-9(8)20(23)24;/h3-6H,7H2,1-2H3;. The molecule has 0 aliphatic carbocycles. The molecule has 0 amide bonds. The average molecular weight is 389 g/mol. The normalized spacial score (nSPS) is 10.7. The monoisotopic (exact) mass is 388 g/mol. The van der Waals surface area contributed by atoms with Gasteiger partial charge in [0.2, 0.25) is 5.28 Å². The Kier molecular flexibility index (Phi) is 6.02. The Morgan fingerprint density at radius 1 is 1.20 bits per heavy atom. The largest absolute Gasteiger partial charge is 0.332 e. The fourth-order valence-electron chi connectivity index (χ4n) is 2.56. The molecule has 11 heteroatoms. The third kappa shape index (κ3) is 3.37. The molecule has 1 aromatic carbocycles. The van der Waals surface area contributed by atoms with Gasteiger partial charge in [-0.1, -0.05) is 18.2 Å². The van der Waals surface area contributed by atoms with Crippen molar-refractivity contribution in [3.63, 3.8) is 0 Å². The molecule has 0 unspecified atom stereocenters. The summed E-state index contributed by atoms with van der Waals surface area (Å²) in [6.07, 6.45) is 0. The van der Waals surface area contributed by atoms with Gasteiger partial charge in [0, 0.05) is 77.1 Å². The maximum Gasteiger partial charge on any atom is 0.332 e. The van der Waals surface area contributed by atoms with Crippen LogP contribution in [0.1, 0.15) is 5.56 Å². The van der Waals surface area contributed by atoms with Crippen molar-refractivity contribution in [1.82, 2.24) is 18.7 Å². The Balaban J connectivity index is 0.00000225. The second-order valence-electron chi connectivity index (χ2n) is 5.23. The first kappa shape index (κ1) is 20.0. The second-order valence-corrected chi connectivity index (χ2v) is 5.57. The minimum Gasteiger partial charge on any atom is -0.304 e. The van der Waals surface area contributed by atoms with Crippen molar-refractivity contribution in [1.29, 1.82) is 0 Å². The summed E-state index contributed by atoms with van der Waals surface area (Å²) >= 11 is 6.12. The summed E-state index contributed by atoms with van der Waals surface area (Å²) in [5, 5.41) is 11.1. The number of aryl methyl sites for hydroxylation is 1. The van der Waals surface area contributed by atoms with Crippen molar-refractivity contribution < 1.29 is 4.92 Å². The van der Waals surface area contributed by atoms with Gasteiger partial charge in [-0.2, -0.15) is 4.98 Å². The van der Waals surface area contributed by atoms with Crippen molar-refractivity contribution in [2.75, 3.05) is 0 Å². The average Bonchev–Trinajstić information content (AvgIpc) is 2.88. The number of hydrogen-bond donors (Lipinski definition) is 0. The zero-order valence-corrected chi connectivity index (χ0v) is 17.6. The SMILES string of the molecule is Cn1c(=O)c2c(nc(Cl)n2Cc2ccccc2[N+](=O)[O-])n(C)c1=O.[K]. The topological polar surface area (TPSA) is 105 Å². The summed E-state index contributed by atoms with van der Waals surface area (Å²) in [6, 6.07) is 6.16. The Bertz CT molecular complexity index is 1100. The van der Waals surface area contributed by atoms with Gasteiger partial charge in [0.25, 0.3) is 11.2 Å². The molecule has 2 aromatic heterocycles. The van der Waals surface area contributed by atoms with Crippen LogP contribution in [0.25, 0.3) is 11.2 Å². The van der Waals surface area contributed by atoms with Crippen LogP contribution in [0.5, 0.6) is 0 Å². The van der Waals surface area contributed by atoms with E-state index in [4.69, 9.17) is 11.6 Å². The molecule has 0 saturated carbocycles. The zero-order chi connectivity index (χ0) is 17.6. The summed E-state index contributed by atoms with van der Waals surface area (Å²) in [7, 11) is 2.82. The molecule has 0 bridgehead atoms. The number of imidazole rings is 1. The van der Waals surface area contributed by atoms with Gasteiger partial charge in [-0.3, -0.25) is 24.0 Å². The Labute approximate surface area is 188 Å². The molecule has 3 rings (SSSR count). The van der Waals surface area contributed by atoms with Gasteiger partial charge in [0.1, 0.15) is 0 Å². The molecule has 9 nitrogen and oxygen atoms in total. The summed E-state index contributed by atoms with van der Waals surface area (Å²) in [5.74, 6) is 0. The molecular formula is C14H12ClKN5O4. The van der Waals surface area contributed by atoms with Gasteiger partial charge in [-0.05, 0) is 11.6 Å². The Hall–Kier alpha value is -1.30. The maximum atomic E-state index is 12.4. The number of nitrogens with zero attached hydrogens (tertiary/aromatic N) is 5. The van der Waals surface area contributed by atoms with Crippen LogP contribution in [0.3, 0.4) is 0 Å². The van der Waals surface area contributed by atoms with Crippen LogP contribution < -0.4 is 11.2 Å². The molecule has 0 aliphatic rings. The molecule has 0 fully saturated rings. The number of nitro benzene ring substituents is 1. The van der Waals surface area contributed by atoms with Crippen LogP contribution in [-0.4, -0.2) is 75.0 Å². The second kappa shape index (κ2) is 7.52. The van der Waals surface area contributed by atoms with Crippen LogP contribution in [-0.2, 0) is 20.6 Å². The van der Waals surface area contributed by atoms with E-state index in [1.165, 1.54) is 29.3 Å². The van der Waals surface area contributed by atoms with E-state index in [0.29, 0.717) is 5.56 Å². The molecule has 0 N–H and O–H groups in total.